The Morgan fingerprint density at radius 3 is 2.08 bits per heavy atom. The summed E-state index contributed by atoms with van der Waals surface area (Å²) >= 11 is 0. The van der Waals surface area contributed by atoms with Crippen LogP contribution in [-0.4, -0.2) is 10.8 Å². The number of nitrogens with zero attached hydrogens (tertiary/aromatic N) is 1. The molecular formula is C21H29NOS. The molecule has 1 heterocycles. The van der Waals surface area contributed by atoms with E-state index in [4.69, 9.17) is 0 Å². The SMILES string of the molecule is CC(C)C.CC(C)c1ccc(S(=O)N2CCc3ccccc32)cc1. The lowest BCUT2D eigenvalue weighted by atomic mass is 10.0. The third-order valence-corrected chi connectivity index (χ3v) is 5.25. The number of hydrogen-bond acceptors (Lipinski definition) is 1. The highest BCUT2D eigenvalue weighted by Gasteiger charge is 2.24. The lowest BCUT2D eigenvalue weighted by Crippen LogP contribution is -2.23. The molecule has 0 aliphatic carbocycles. The van der Waals surface area contributed by atoms with Crippen molar-refractivity contribution in [2.24, 2.45) is 5.92 Å². The lowest BCUT2D eigenvalue weighted by Gasteiger charge is -2.18. The van der Waals surface area contributed by atoms with Crippen molar-refractivity contribution >= 4 is 16.7 Å². The van der Waals surface area contributed by atoms with E-state index < -0.39 is 11.0 Å². The van der Waals surface area contributed by atoms with Gasteiger partial charge in [-0.05, 0) is 47.6 Å². The first-order valence-corrected chi connectivity index (χ1v) is 9.88. The largest absolute Gasteiger partial charge is 0.287 e. The molecule has 2 aromatic carbocycles. The van der Waals surface area contributed by atoms with E-state index in [-0.39, 0.29) is 0 Å². The zero-order valence-corrected chi connectivity index (χ0v) is 16.3. The van der Waals surface area contributed by atoms with E-state index in [1.807, 2.05) is 28.6 Å². The Bertz CT molecular complexity index is 674. The van der Waals surface area contributed by atoms with Crippen LogP contribution in [0.2, 0.25) is 0 Å². The fourth-order valence-electron chi connectivity index (χ4n) is 2.58. The highest BCUT2D eigenvalue weighted by atomic mass is 32.2. The van der Waals surface area contributed by atoms with Crippen LogP contribution in [-0.2, 0) is 17.4 Å². The molecule has 0 amide bonds. The summed E-state index contributed by atoms with van der Waals surface area (Å²) in [5.41, 5.74) is 3.69. The monoisotopic (exact) mass is 343 g/mol. The molecule has 130 valence electrons. The molecule has 1 aliphatic rings. The Hall–Kier alpha value is -1.61. The molecule has 0 spiro atoms. The van der Waals surface area contributed by atoms with Gasteiger partial charge in [-0.2, -0.15) is 0 Å². The van der Waals surface area contributed by atoms with Gasteiger partial charge in [-0.1, -0.05) is 65.0 Å². The maximum absolute atomic E-state index is 12.7. The van der Waals surface area contributed by atoms with Crippen LogP contribution in [0.15, 0.2) is 53.4 Å². The summed E-state index contributed by atoms with van der Waals surface area (Å²) in [6.45, 7) is 11.7. The van der Waals surface area contributed by atoms with E-state index in [1.54, 1.807) is 0 Å². The fourth-order valence-corrected chi connectivity index (χ4v) is 3.81. The third kappa shape index (κ3) is 4.70. The van der Waals surface area contributed by atoms with Gasteiger partial charge < -0.3 is 0 Å². The molecule has 0 saturated heterocycles. The predicted molar refractivity (Wildman–Crippen MR) is 105 cm³/mol. The molecule has 0 saturated carbocycles. The van der Waals surface area contributed by atoms with Gasteiger partial charge in [0.25, 0.3) is 0 Å². The Balaban J connectivity index is 0.000000471. The zero-order chi connectivity index (χ0) is 17.7. The van der Waals surface area contributed by atoms with Crippen molar-refractivity contribution in [2.45, 2.75) is 51.9 Å². The molecule has 0 radical (unpaired) electrons. The fraction of sp³-hybridized carbons (Fsp3) is 0.429. The molecule has 1 unspecified atom stereocenters. The average Bonchev–Trinajstić information content (AvgIpc) is 2.98. The molecule has 2 aromatic rings. The minimum absolute atomic E-state index is 0.505. The second-order valence-electron chi connectivity index (χ2n) is 7.19. The first-order valence-electron chi connectivity index (χ1n) is 8.77. The molecule has 0 N–H and O–H groups in total. The van der Waals surface area contributed by atoms with Gasteiger partial charge in [-0.3, -0.25) is 4.31 Å². The number of fused-ring (bicyclic) bond motifs is 1. The Kier molecular flexibility index (Phi) is 6.61. The van der Waals surface area contributed by atoms with Gasteiger partial charge in [0, 0.05) is 6.54 Å². The van der Waals surface area contributed by atoms with Gasteiger partial charge in [0.1, 0.15) is 0 Å². The van der Waals surface area contributed by atoms with Crippen LogP contribution >= 0.6 is 0 Å². The van der Waals surface area contributed by atoms with Crippen molar-refractivity contribution in [3.8, 4) is 0 Å². The topological polar surface area (TPSA) is 20.3 Å². The van der Waals surface area contributed by atoms with Gasteiger partial charge in [0.15, 0.2) is 11.0 Å². The van der Waals surface area contributed by atoms with Crippen molar-refractivity contribution in [1.82, 2.24) is 0 Å². The maximum Gasteiger partial charge on any atom is 0.152 e. The number of rotatable bonds is 3. The summed E-state index contributed by atoms with van der Waals surface area (Å²) in [4.78, 5) is 0.881. The summed E-state index contributed by atoms with van der Waals surface area (Å²) in [7, 11) is -1.11. The van der Waals surface area contributed by atoms with Gasteiger partial charge in [0.05, 0.1) is 10.6 Å². The molecule has 3 heteroatoms. The lowest BCUT2D eigenvalue weighted by molar-refractivity contribution is 0.680. The molecule has 1 atom stereocenters. The summed E-state index contributed by atoms with van der Waals surface area (Å²) in [5, 5.41) is 0. The number of benzene rings is 2. The third-order valence-electron chi connectivity index (χ3n) is 3.79. The van der Waals surface area contributed by atoms with E-state index in [1.165, 1.54) is 11.1 Å². The van der Waals surface area contributed by atoms with Crippen LogP contribution < -0.4 is 4.31 Å². The Labute approximate surface area is 149 Å². The van der Waals surface area contributed by atoms with E-state index >= 15 is 0 Å². The van der Waals surface area contributed by atoms with Crippen molar-refractivity contribution in [3.05, 3.63) is 59.7 Å². The second kappa shape index (κ2) is 8.48. The minimum Gasteiger partial charge on any atom is -0.287 e. The van der Waals surface area contributed by atoms with Crippen LogP contribution in [0.5, 0.6) is 0 Å². The van der Waals surface area contributed by atoms with Gasteiger partial charge >= 0.3 is 0 Å². The van der Waals surface area contributed by atoms with Gasteiger partial charge in [0.2, 0.25) is 0 Å². The summed E-state index contributed by atoms with van der Waals surface area (Å²) in [6.07, 6.45) is 0.978. The van der Waals surface area contributed by atoms with E-state index in [2.05, 4.69) is 58.9 Å². The highest BCUT2D eigenvalue weighted by Crippen LogP contribution is 2.31. The predicted octanol–water partition coefficient (Wildman–Crippen LogP) is 5.56. The Morgan fingerprint density at radius 2 is 1.50 bits per heavy atom. The number of hydrogen-bond donors (Lipinski definition) is 0. The van der Waals surface area contributed by atoms with E-state index in [9.17, 15) is 4.21 Å². The first kappa shape index (κ1) is 18.7. The summed E-state index contributed by atoms with van der Waals surface area (Å²) < 4.78 is 14.7. The van der Waals surface area contributed by atoms with Crippen molar-refractivity contribution in [3.63, 3.8) is 0 Å². The molecule has 0 fully saturated rings. The molecule has 1 aliphatic heterocycles. The van der Waals surface area contributed by atoms with Crippen LogP contribution in [0.1, 0.15) is 51.7 Å². The zero-order valence-electron chi connectivity index (χ0n) is 15.5. The minimum atomic E-state index is -1.11. The normalized spacial score (nSPS) is 14.4. The van der Waals surface area contributed by atoms with Crippen molar-refractivity contribution < 1.29 is 4.21 Å². The first-order chi connectivity index (χ1) is 11.4. The smallest absolute Gasteiger partial charge is 0.152 e. The van der Waals surface area contributed by atoms with Gasteiger partial charge in [-0.15, -0.1) is 0 Å². The van der Waals surface area contributed by atoms with Gasteiger partial charge in [-0.25, -0.2) is 4.21 Å². The standard InChI is InChI=1S/C17H19NOS.C4H10/c1-13(2)14-7-9-16(10-8-14)20(19)18-12-11-15-5-3-4-6-17(15)18;1-4(2)3/h3-10,13H,11-12H2,1-2H3;4H,1-3H3. The molecule has 3 rings (SSSR count). The van der Waals surface area contributed by atoms with E-state index in [0.717, 1.165) is 29.5 Å². The average molecular weight is 344 g/mol. The van der Waals surface area contributed by atoms with Crippen molar-refractivity contribution in [1.29, 1.82) is 0 Å². The number of para-hydroxylation sites is 1. The molecule has 0 bridgehead atoms. The highest BCUT2D eigenvalue weighted by molar-refractivity contribution is 7.86. The molecule has 0 aromatic heterocycles. The van der Waals surface area contributed by atoms with Crippen LogP contribution in [0.4, 0.5) is 5.69 Å². The Morgan fingerprint density at radius 1 is 0.917 bits per heavy atom. The van der Waals surface area contributed by atoms with Crippen LogP contribution in [0.25, 0.3) is 0 Å². The summed E-state index contributed by atoms with van der Waals surface area (Å²) in [6, 6.07) is 16.4. The maximum atomic E-state index is 12.7. The second-order valence-corrected chi connectivity index (χ2v) is 8.60. The van der Waals surface area contributed by atoms with Crippen LogP contribution in [0, 0.1) is 5.92 Å². The summed E-state index contributed by atoms with van der Waals surface area (Å²) in [5.74, 6) is 1.34. The quantitative estimate of drug-likeness (QED) is 0.714. The molecule has 24 heavy (non-hydrogen) atoms. The van der Waals surface area contributed by atoms with E-state index in [0.29, 0.717) is 5.92 Å². The van der Waals surface area contributed by atoms with Crippen molar-refractivity contribution in [2.75, 3.05) is 10.8 Å². The van der Waals surface area contributed by atoms with Crippen LogP contribution in [0.3, 0.4) is 0 Å². The number of anilines is 1. The molecule has 2 nitrogen and oxygen atoms in total. The molecular weight excluding hydrogens is 314 g/mol.